The Labute approximate surface area is 101 Å². The highest BCUT2D eigenvalue weighted by atomic mass is 35.5. The van der Waals surface area contributed by atoms with Crippen molar-refractivity contribution < 1.29 is 12.7 Å². The Kier molecular flexibility index (Phi) is 7.10. The van der Waals surface area contributed by atoms with E-state index in [2.05, 4.69) is 9.44 Å². The molecule has 1 unspecified atom stereocenters. The van der Waals surface area contributed by atoms with E-state index in [1.54, 1.807) is 0 Å². The van der Waals surface area contributed by atoms with E-state index in [0.717, 1.165) is 6.42 Å². The summed E-state index contributed by atoms with van der Waals surface area (Å²) in [4.78, 5) is 0. The third-order valence-electron chi connectivity index (χ3n) is 1.76. The molecule has 1 atom stereocenters. The molecular formula is C9H15ClN2O3S. The maximum Gasteiger partial charge on any atom is 0.328 e. The molecule has 0 saturated heterocycles. The lowest BCUT2D eigenvalue weighted by molar-refractivity contribution is 0.337. The number of nitrogens with zero attached hydrogens (tertiary/aromatic N) is 2. The normalized spacial score (nSPS) is 14.2. The first kappa shape index (κ1) is 15.2. The summed E-state index contributed by atoms with van der Waals surface area (Å²) in [5, 5.41) is 11.4. The first-order chi connectivity index (χ1) is 7.46. The molecule has 0 aliphatic rings. The molecular weight excluding hydrogens is 252 g/mol. The molecule has 0 bridgehead atoms. The molecule has 0 spiro atoms. The van der Waals surface area contributed by atoms with Crippen molar-refractivity contribution in [3.63, 3.8) is 0 Å². The second kappa shape index (κ2) is 7.47. The Morgan fingerprint density at radius 3 is 2.62 bits per heavy atom. The molecule has 0 aromatic heterocycles. The minimum absolute atomic E-state index is 0.0793. The number of halogens is 1. The molecule has 5 nitrogen and oxygen atoms in total. The summed E-state index contributed by atoms with van der Waals surface area (Å²) in [6.07, 6.45) is 1.34. The van der Waals surface area contributed by atoms with Gasteiger partial charge in [-0.15, -0.1) is 11.6 Å². The third kappa shape index (κ3) is 5.93. The molecule has 0 saturated carbocycles. The Morgan fingerprint density at radius 1 is 1.56 bits per heavy atom. The number of oxime groups is 1. The van der Waals surface area contributed by atoms with Crippen molar-refractivity contribution >= 4 is 27.4 Å². The van der Waals surface area contributed by atoms with E-state index in [4.69, 9.17) is 16.9 Å². The van der Waals surface area contributed by atoms with Crippen molar-refractivity contribution in [1.82, 2.24) is 0 Å². The van der Waals surface area contributed by atoms with Crippen LogP contribution in [0.1, 0.15) is 33.1 Å². The average molecular weight is 267 g/mol. The van der Waals surface area contributed by atoms with Gasteiger partial charge < -0.3 is 0 Å². The number of hydrogen-bond acceptors (Lipinski definition) is 5. The first-order valence-electron chi connectivity index (χ1n) is 4.95. The summed E-state index contributed by atoms with van der Waals surface area (Å²) in [5.41, 5.74) is 0.391. The van der Waals surface area contributed by atoms with E-state index >= 15 is 0 Å². The van der Waals surface area contributed by atoms with E-state index in [-0.39, 0.29) is 12.2 Å². The molecule has 92 valence electrons. The van der Waals surface area contributed by atoms with Crippen molar-refractivity contribution in [2.24, 2.45) is 5.16 Å². The lowest BCUT2D eigenvalue weighted by Gasteiger charge is -2.08. The fourth-order valence-corrected chi connectivity index (χ4v) is 1.40. The van der Waals surface area contributed by atoms with Gasteiger partial charge in [-0.3, -0.25) is 4.28 Å². The van der Waals surface area contributed by atoms with Crippen LogP contribution in [0, 0.1) is 11.3 Å². The Bertz CT molecular complexity index is 373. The maximum absolute atomic E-state index is 11.1. The average Bonchev–Trinajstić information content (AvgIpc) is 2.24. The predicted octanol–water partition coefficient (Wildman–Crippen LogP) is 2.03. The number of nitriles is 1. The standard InChI is InChI=1S/C9H15ClN2O3S/c1-3-5-9(8(10)6-7-11)12-15-16(13,14)4-2/h8H,3-6H2,1-2H3. The van der Waals surface area contributed by atoms with Crippen molar-refractivity contribution in [3.05, 3.63) is 0 Å². The van der Waals surface area contributed by atoms with Crippen LogP contribution in [-0.4, -0.2) is 25.3 Å². The molecule has 7 heteroatoms. The van der Waals surface area contributed by atoms with Crippen LogP contribution in [0.2, 0.25) is 0 Å². The summed E-state index contributed by atoms with van der Waals surface area (Å²) in [6.45, 7) is 3.36. The second-order valence-electron chi connectivity index (χ2n) is 3.08. The number of alkyl halides is 1. The van der Waals surface area contributed by atoms with Crippen LogP contribution in [-0.2, 0) is 14.4 Å². The molecule has 0 amide bonds. The molecule has 0 aliphatic heterocycles. The van der Waals surface area contributed by atoms with Gasteiger partial charge in [0.25, 0.3) is 0 Å². The van der Waals surface area contributed by atoms with Crippen LogP contribution >= 0.6 is 11.6 Å². The van der Waals surface area contributed by atoms with Crippen molar-refractivity contribution in [2.75, 3.05) is 5.75 Å². The molecule has 0 rings (SSSR count). The second-order valence-corrected chi connectivity index (χ2v) is 5.45. The van der Waals surface area contributed by atoms with Crippen molar-refractivity contribution in [3.8, 4) is 6.07 Å². The fourth-order valence-electron chi connectivity index (χ4n) is 0.871. The van der Waals surface area contributed by atoms with Crippen LogP contribution in [0.5, 0.6) is 0 Å². The smallest absolute Gasteiger partial charge is 0.268 e. The van der Waals surface area contributed by atoms with Crippen LogP contribution in [0.3, 0.4) is 0 Å². The SMILES string of the molecule is CCCC(=NOS(=O)(=O)CC)C(Cl)CC#N. The minimum Gasteiger partial charge on any atom is -0.268 e. The zero-order valence-corrected chi connectivity index (χ0v) is 10.9. The van der Waals surface area contributed by atoms with Crippen molar-refractivity contribution in [2.45, 2.75) is 38.5 Å². The quantitative estimate of drug-likeness (QED) is 0.401. The van der Waals surface area contributed by atoms with E-state index in [0.29, 0.717) is 12.1 Å². The molecule has 0 heterocycles. The van der Waals surface area contributed by atoms with Gasteiger partial charge in [-0.1, -0.05) is 18.5 Å². The zero-order valence-electron chi connectivity index (χ0n) is 9.31. The molecule has 0 aliphatic carbocycles. The third-order valence-corrected chi connectivity index (χ3v) is 3.17. The van der Waals surface area contributed by atoms with Gasteiger partial charge in [-0.2, -0.15) is 13.7 Å². The fraction of sp³-hybridized carbons (Fsp3) is 0.778. The van der Waals surface area contributed by atoms with Gasteiger partial charge in [0.2, 0.25) is 0 Å². The predicted molar refractivity (Wildman–Crippen MR) is 62.8 cm³/mol. The van der Waals surface area contributed by atoms with Gasteiger partial charge in [0.15, 0.2) is 0 Å². The van der Waals surface area contributed by atoms with E-state index in [1.165, 1.54) is 6.92 Å². The van der Waals surface area contributed by atoms with Crippen LogP contribution in [0.4, 0.5) is 0 Å². The highest BCUT2D eigenvalue weighted by Gasteiger charge is 2.15. The summed E-state index contributed by atoms with van der Waals surface area (Å²) in [5.74, 6) is -0.152. The summed E-state index contributed by atoms with van der Waals surface area (Å²) in [7, 11) is -3.61. The molecule has 0 aromatic rings. The topological polar surface area (TPSA) is 79.5 Å². The molecule has 16 heavy (non-hydrogen) atoms. The maximum atomic E-state index is 11.1. The van der Waals surface area contributed by atoms with Gasteiger partial charge in [0, 0.05) is 0 Å². The lowest BCUT2D eigenvalue weighted by atomic mass is 10.1. The van der Waals surface area contributed by atoms with Gasteiger partial charge in [-0.25, -0.2) is 0 Å². The van der Waals surface area contributed by atoms with E-state index < -0.39 is 15.5 Å². The number of hydrogen-bond donors (Lipinski definition) is 0. The lowest BCUT2D eigenvalue weighted by Crippen LogP contribution is -2.16. The van der Waals surface area contributed by atoms with Gasteiger partial charge >= 0.3 is 10.1 Å². The molecule has 0 aromatic carbocycles. The Balaban J connectivity index is 4.66. The van der Waals surface area contributed by atoms with E-state index in [1.807, 2.05) is 13.0 Å². The van der Waals surface area contributed by atoms with Gasteiger partial charge in [0.1, 0.15) is 0 Å². The van der Waals surface area contributed by atoms with Crippen molar-refractivity contribution in [1.29, 1.82) is 5.26 Å². The van der Waals surface area contributed by atoms with Crippen LogP contribution < -0.4 is 0 Å². The largest absolute Gasteiger partial charge is 0.328 e. The Morgan fingerprint density at radius 2 is 2.19 bits per heavy atom. The molecule has 0 N–H and O–H groups in total. The monoisotopic (exact) mass is 266 g/mol. The highest BCUT2D eigenvalue weighted by molar-refractivity contribution is 7.86. The van der Waals surface area contributed by atoms with Crippen LogP contribution in [0.15, 0.2) is 5.16 Å². The molecule has 0 radical (unpaired) electrons. The van der Waals surface area contributed by atoms with Gasteiger partial charge in [0.05, 0.1) is 29.3 Å². The van der Waals surface area contributed by atoms with Gasteiger partial charge in [-0.05, 0) is 13.3 Å². The minimum atomic E-state index is -3.61. The first-order valence-corrected chi connectivity index (χ1v) is 6.97. The van der Waals surface area contributed by atoms with E-state index in [9.17, 15) is 8.42 Å². The van der Waals surface area contributed by atoms with Crippen LogP contribution in [0.25, 0.3) is 0 Å². The summed E-state index contributed by atoms with van der Waals surface area (Å²) < 4.78 is 26.5. The highest BCUT2D eigenvalue weighted by Crippen LogP contribution is 2.10. The number of rotatable bonds is 7. The molecule has 0 fully saturated rings. The summed E-state index contributed by atoms with van der Waals surface area (Å²) >= 11 is 5.87. The zero-order chi connectivity index (χ0) is 12.6. The Hall–Kier alpha value is -0.800. The summed E-state index contributed by atoms with van der Waals surface area (Å²) in [6, 6.07) is 1.90.